The molecule has 1 fully saturated rings. The zero-order chi connectivity index (χ0) is 27.1. The van der Waals surface area contributed by atoms with E-state index in [2.05, 4.69) is 45.9 Å². The molecule has 4 rings (SSSR count). The van der Waals surface area contributed by atoms with E-state index in [4.69, 9.17) is 0 Å². The van der Waals surface area contributed by atoms with Gasteiger partial charge in [0.1, 0.15) is 0 Å². The van der Waals surface area contributed by atoms with Gasteiger partial charge in [0.25, 0.3) is 5.69 Å². The van der Waals surface area contributed by atoms with E-state index in [0.29, 0.717) is 24.6 Å². The highest BCUT2D eigenvalue weighted by atomic mass is 16.6. The number of rotatable bonds is 11. The summed E-state index contributed by atoms with van der Waals surface area (Å²) in [5, 5.41) is 17.3. The predicted molar refractivity (Wildman–Crippen MR) is 146 cm³/mol. The number of allylic oxidation sites excluding steroid dienone is 2. The smallest absolute Gasteiger partial charge is 0.269 e. The minimum Gasteiger partial charge on any atom is -0.360 e. The first kappa shape index (κ1) is 27.1. The molecule has 0 bridgehead atoms. The van der Waals surface area contributed by atoms with E-state index in [1.807, 2.05) is 13.8 Å². The molecule has 0 aliphatic carbocycles. The van der Waals surface area contributed by atoms with E-state index < -0.39 is 10.8 Å². The normalized spacial score (nSPS) is 18.6. The molecule has 2 heterocycles. The van der Waals surface area contributed by atoms with Crippen molar-refractivity contribution in [3.05, 3.63) is 98.6 Å². The lowest BCUT2D eigenvalue weighted by Crippen LogP contribution is -2.39. The Balaban J connectivity index is 1.45. The molecule has 0 aromatic heterocycles. The average Bonchev–Trinajstić information content (AvgIpc) is 2.94. The van der Waals surface area contributed by atoms with Gasteiger partial charge in [-0.3, -0.25) is 19.7 Å². The van der Waals surface area contributed by atoms with Crippen molar-refractivity contribution < 1.29 is 14.5 Å². The summed E-state index contributed by atoms with van der Waals surface area (Å²) in [6.45, 7) is 7.24. The number of nitrogens with one attached hydrogen (secondary N) is 2. The quantitative estimate of drug-likeness (QED) is 0.263. The number of hydrogen-bond acceptors (Lipinski definition) is 6. The fourth-order valence-corrected chi connectivity index (χ4v) is 5.64. The van der Waals surface area contributed by atoms with Gasteiger partial charge < -0.3 is 20.4 Å². The first-order valence-electron chi connectivity index (χ1n) is 13.0. The summed E-state index contributed by atoms with van der Waals surface area (Å²) in [4.78, 5) is 38.7. The summed E-state index contributed by atoms with van der Waals surface area (Å²) in [6.07, 6.45) is 4.50. The number of hydrogen-bond donors (Lipinski definition) is 2. The Morgan fingerprint density at radius 1 is 1.03 bits per heavy atom. The maximum atomic E-state index is 12.4. The van der Waals surface area contributed by atoms with Crippen molar-refractivity contribution in [3.8, 4) is 0 Å². The number of carbonyl (C=O) groups is 2. The highest BCUT2D eigenvalue weighted by molar-refractivity contribution is 5.60. The maximum absolute atomic E-state index is 12.4. The van der Waals surface area contributed by atoms with Gasteiger partial charge in [-0.05, 0) is 69.8 Å². The number of non-ortho nitro benzene ring substituents is 1. The molecule has 1 atom stereocenters. The molecule has 2 aromatic rings. The van der Waals surface area contributed by atoms with Crippen LogP contribution in [0, 0.1) is 10.1 Å². The number of nitro groups is 1. The molecule has 2 aliphatic rings. The second kappa shape index (κ2) is 12.5. The average molecular weight is 518 g/mol. The van der Waals surface area contributed by atoms with Crippen molar-refractivity contribution in [1.82, 2.24) is 20.4 Å². The van der Waals surface area contributed by atoms with Crippen molar-refractivity contribution in [2.75, 3.05) is 26.2 Å². The van der Waals surface area contributed by atoms with Crippen LogP contribution in [0.3, 0.4) is 0 Å². The van der Waals surface area contributed by atoms with Gasteiger partial charge in [0, 0.05) is 30.1 Å². The number of dihydropyridines is 1. The predicted octanol–water partition coefficient (Wildman–Crippen LogP) is 4.22. The van der Waals surface area contributed by atoms with Gasteiger partial charge in [0.05, 0.1) is 22.2 Å². The van der Waals surface area contributed by atoms with Crippen molar-refractivity contribution in [2.45, 2.75) is 44.9 Å². The minimum atomic E-state index is -0.450. The third-order valence-corrected chi connectivity index (χ3v) is 7.55. The Morgan fingerprint density at radius 3 is 2.32 bits per heavy atom. The molecule has 0 radical (unpaired) electrons. The number of benzene rings is 2. The van der Waals surface area contributed by atoms with Gasteiger partial charge in [-0.2, -0.15) is 0 Å². The second-order valence-electron chi connectivity index (χ2n) is 9.90. The fraction of sp³-hybridized carbons (Fsp3) is 0.379. The summed E-state index contributed by atoms with van der Waals surface area (Å²) in [5.41, 5.74) is 5.05. The van der Waals surface area contributed by atoms with E-state index in [1.165, 1.54) is 17.7 Å². The molecule has 2 aliphatic heterocycles. The molecule has 0 spiro atoms. The Kier molecular flexibility index (Phi) is 8.91. The maximum Gasteiger partial charge on any atom is 0.269 e. The monoisotopic (exact) mass is 517 g/mol. The van der Waals surface area contributed by atoms with Crippen LogP contribution in [0.25, 0.3) is 0 Å². The molecule has 200 valence electrons. The number of nitrogens with zero attached hydrogens (tertiary/aromatic N) is 3. The molecule has 38 heavy (non-hydrogen) atoms. The molecule has 2 N–H and O–H groups in total. The second-order valence-corrected chi connectivity index (χ2v) is 9.90. The van der Waals surface area contributed by atoms with Crippen LogP contribution in [0.4, 0.5) is 5.69 Å². The van der Waals surface area contributed by atoms with E-state index in [9.17, 15) is 19.7 Å². The standard InChI is InChI=1S/C29H35N5O4/c1-21-28(30-19-35)27(25-9-11-26(12-10-25)34(37)38)29(22(2)31-21)33(20-36)16-6-15-32-17-13-24(14-18-32)23-7-4-3-5-8-23/h3-5,7-12,19-20,24,27,31H,6,13-18H2,1-2H3,(H,30,35). The summed E-state index contributed by atoms with van der Waals surface area (Å²) < 4.78 is 0. The molecular formula is C29H35N5O4. The molecule has 1 saturated heterocycles. The molecule has 9 nitrogen and oxygen atoms in total. The third-order valence-electron chi connectivity index (χ3n) is 7.55. The third kappa shape index (κ3) is 6.11. The summed E-state index contributed by atoms with van der Waals surface area (Å²) in [5.74, 6) is 0.148. The summed E-state index contributed by atoms with van der Waals surface area (Å²) >= 11 is 0. The zero-order valence-corrected chi connectivity index (χ0v) is 21.9. The van der Waals surface area contributed by atoms with Crippen LogP contribution in [-0.4, -0.2) is 53.7 Å². The highest BCUT2D eigenvalue weighted by Gasteiger charge is 2.33. The minimum absolute atomic E-state index is 0.0150. The lowest BCUT2D eigenvalue weighted by atomic mass is 9.87. The van der Waals surface area contributed by atoms with Crippen molar-refractivity contribution in [3.63, 3.8) is 0 Å². The summed E-state index contributed by atoms with van der Waals surface area (Å²) in [7, 11) is 0. The molecule has 2 amide bonds. The number of likely N-dealkylation sites (tertiary alicyclic amines) is 1. The lowest BCUT2D eigenvalue weighted by molar-refractivity contribution is -0.384. The van der Waals surface area contributed by atoms with E-state index in [-0.39, 0.29) is 5.69 Å². The van der Waals surface area contributed by atoms with Gasteiger partial charge in [0.15, 0.2) is 0 Å². The molecule has 0 saturated carbocycles. The molecule has 1 unspecified atom stereocenters. The van der Waals surface area contributed by atoms with Crippen molar-refractivity contribution in [1.29, 1.82) is 0 Å². The van der Waals surface area contributed by atoms with E-state index in [1.54, 1.807) is 17.0 Å². The number of carbonyl (C=O) groups excluding carboxylic acids is 2. The van der Waals surface area contributed by atoms with E-state index in [0.717, 1.165) is 68.0 Å². The van der Waals surface area contributed by atoms with Crippen LogP contribution in [0.1, 0.15) is 56.1 Å². The van der Waals surface area contributed by atoms with Crippen LogP contribution in [0.15, 0.2) is 77.4 Å². The van der Waals surface area contributed by atoms with Gasteiger partial charge in [0.2, 0.25) is 12.8 Å². The van der Waals surface area contributed by atoms with Crippen LogP contribution in [0.5, 0.6) is 0 Å². The largest absolute Gasteiger partial charge is 0.360 e. The SMILES string of the molecule is CC1=C(NC=O)C(c2ccc([N+](=O)[O-])cc2)C(N(C=O)CCCN2CCC(c3ccccc3)CC2)=C(C)N1. The van der Waals surface area contributed by atoms with Gasteiger partial charge in [-0.15, -0.1) is 0 Å². The van der Waals surface area contributed by atoms with Crippen LogP contribution < -0.4 is 10.6 Å². The van der Waals surface area contributed by atoms with Gasteiger partial charge >= 0.3 is 0 Å². The van der Waals surface area contributed by atoms with Gasteiger partial charge in [-0.1, -0.05) is 42.5 Å². The fourth-order valence-electron chi connectivity index (χ4n) is 5.64. The number of amides is 2. The van der Waals surface area contributed by atoms with E-state index >= 15 is 0 Å². The first-order valence-corrected chi connectivity index (χ1v) is 13.0. The first-order chi connectivity index (χ1) is 18.4. The lowest BCUT2D eigenvalue weighted by Gasteiger charge is -2.37. The van der Waals surface area contributed by atoms with Crippen molar-refractivity contribution in [2.24, 2.45) is 0 Å². The highest BCUT2D eigenvalue weighted by Crippen LogP contribution is 2.38. The number of piperidine rings is 1. The topological polar surface area (TPSA) is 108 Å². The number of nitro benzene ring substituents is 1. The van der Waals surface area contributed by atoms with Gasteiger partial charge in [-0.25, -0.2) is 0 Å². The molecule has 9 heteroatoms. The van der Waals surface area contributed by atoms with Crippen molar-refractivity contribution >= 4 is 18.5 Å². The molecular weight excluding hydrogens is 482 g/mol. The Hall–Kier alpha value is -3.98. The molecule has 2 aromatic carbocycles. The van der Waals surface area contributed by atoms with Crippen LogP contribution in [0.2, 0.25) is 0 Å². The van der Waals surface area contributed by atoms with Crippen LogP contribution in [-0.2, 0) is 9.59 Å². The Bertz CT molecular complexity index is 1200. The summed E-state index contributed by atoms with van der Waals surface area (Å²) in [6, 6.07) is 16.9. The van der Waals surface area contributed by atoms with Crippen LogP contribution >= 0.6 is 0 Å². The Labute approximate surface area is 223 Å². The Morgan fingerprint density at radius 2 is 1.71 bits per heavy atom. The zero-order valence-electron chi connectivity index (χ0n) is 21.9.